The summed E-state index contributed by atoms with van der Waals surface area (Å²) in [6, 6.07) is 5.31. The molecule has 1 aliphatic heterocycles. The standard InChI is InChI=1S/C18H18N4O6/c1-24-8-5-10(25-2)13(11(6-8)26-3)12-9(7-19)16(20)28-17-14(12)15(21-22-17)18(23)27-4/h5-6,12H,20H2,1-4H3,(H,21,22). The molecular formula is C18H18N4O6. The van der Waals surface area contributed by atoms with Gasteiger partial charge in [-0.05, 0) is 0 Å². The van der Waals surface area contributed by atoms with Crippen LogP contribution in [0, 0.1) is 11.3 Å². The predicted molar refractivity (Wildman–Crippen MR) is 95.3 cm³/mol. The number of carbonyl (C=O) groups is 1. The maximum Gasteiger partial charge on any atom is 0.356 e. The van der Waals surface area contributed by atoms with Gasteiger partial charge in [0.15, 0.2) is 5.69 Å². The van der Waals surface area contributed by atoms with Crippen molar-refractivity contribution < 1.29 is 28.5 Å². The summed E-state index contributed by atoms with van der Waals surface area (Å²) in [6.45, 7) is 0. The maximum absolute atomic E-state index is 12.2. The fourth-order valence-corrected chi connectivity index (χ4v) is 3.11. The third-order valence-electron chi connectivity index (χ3n) is 4.37. The summed E-state index contributed by atoms with van der Waals surface area (Å²) < 4.78 is 26.5. The van der Waals surface area contributed by atoms with Crippen LogP contribution in [0.3, 0.4) is 0 Å². The van der Waals surface area contributed by atoms with Gasteiger partial charge in [0, 0.05) is 17.7 Å². The monoisotopic (exact) mass is 386 g/mol. The van der Waals surface area contributed by atoms with Crippen LogP contribution in [0.25, 0.3) is 0 Å². The molecule has 0 saturated carbocycles. The van der Waals surface area contributed by atoms with Gasteiger partial charge in [-0.3, -0.25) is 5.10 Å². The summed E-state index contributed by atoms with van der Waals surface area (Å²) in [5, 5.41) is 16.3. The van der Waals surface area contributed by atoms with Crippen molar-refractivity contribution in [1.82, 2.24) is 10.2 Å². The minimum Gasteiger partial charge on any atom is -0.496 e. The summed E-state index contributed by atoms with van der Waals surface area (Å²) in [6.07, 6.45) is 0. The minimum atomic E-state index is -0.850. The Morgan fingerprint density at radius 2 is 1.82 bits per heavy atom. The number of methoxy groups -OCH3 is 4. The number of benzene rings is 1. The normalized spacial score (nSPS) is 15.2. The Kier molecular flexibility index (Phi) is 5.00. The van der Waals surface area contributed by atoms with Gasteiger partial charge in [0.2, 0.25) is 11.8 Å². The molecule has 0 fully saturated rings. The Morgan fingerprint density at radius 3 is 2.32 bits per heavy atom. The molecule has 1 aromatic heterocycles. The summed E-state index contributed by atoms with van der Waals surface area (Å²) >= 11 is 0. The van der Waals surface area contributed by atoms with Crippen LogP contribution in [0.4, 0.5) is 0 Å². The predicted octanol–water partition coefficient (Wildman–Crippen LogP) is 1.44. The third-order valence-corrected chi connectivity index (χ3v) is 4.37. The zero-order valence-corrected chi connectivity index (χ0v) is 15.7. The topological polar surface area (TPSA) is 142 Å². The molecule has 1 aromatic carbocycles. The number of ether oxygens (including phenoxy) is 5. The molecule has 2 aromatic rings. The number of aromatic amines is 1. The van der Waals surface area contributed by atoms with E-state index in [0.717, 1.165) is 0 Å². The number of nitriles is 1. The molecule has 1 aliphatic rings. The SMILES string of the molecule is COC(=O)c1[nH]nc2c1C(c1c(OC)cc(OC)cc1OC)C(C#N)=C(N)O2. The van der Waals surface area contributed by atoms with E-state index in [1.54, 1.807) is 12.1 Å². The Morgan fingerprint density at radius 1 is 1.18 bits per heavy atom. The Bertz CT molecular complexity index is 979. The maximum atomic E-state index is 12.2. The summed E-state index contributed by atoms with van der Waals surface area (Å²) in [7, 11) is 5.67. The first-order valence-corrected chi connectivity index (χ1v) is 8.04. The second-order valence-electron chi connectivity index (χ2n) is 5.68. The van der Waals surface area contributed by atoms with Crippen LogP contribution >= 0.6 is 0 Å². The molecule has 146 valence electrons. The average molecular weight is 386 g/mol. The number of hydrogen-bond donors (Lipinski definition) is 2. The highest BCUT2D eigenvalue weighted by Crippen LogP contribution is 2.50. The molecule has 1 atom stereocenters. The number of nitrogens with zero attached hydrogens (tertiary/aromatic N) is 2. The molecule has 28 heavy (non-hydrogen) atoms. The molecule has 0 amide bonds. The lowest BCUT2D eigenvalue weighted by molar-refractivity contribution is 0.0592. The molecule has 1 unspecified atom stereocenters. The van der Waals surface area contributed by atoms with Gasteiger partial charge in [-0.2, -0.15) is 5.26 Å². The number of allylic oxidation sites excluding steroid dienone is 1. The highest BCUT2D eigenvalue weighted by Gasteiger charge is 2.40. The van der Waals surface area contributed by atoms with Crippen LogP contribution in [-0.4, -0.2) is 44.6 Å². The summed E-state index contributed by atoms with van der Waals surface area (Å²) in [4.78, 5) is 12.2. The number of hydrogen-bond acceptors (Lipinski definition) is 9. The number of H-pyrrole nitrogens is 1. The van der Waals surface area contributed by atoms with Crippen molar-refractivity contribution in [2.75, 3.05) is 28.4 Å². The van der Waals surface area contributed by atoms with Crippen molar-refractivity contribution in [3.05, 3.63) is 40.4 Å². The van der Waals surface area contributed by atoms with Crippen LogP contribution in [0.15, 0.2) is 23.6 Å². The van der Waals surface area contributed by atoms with Crippen LogP contribution in [-0.2, 0) is 4.74 Å². The van der Waals surface area contributed by atoms with E-state index in [2.05, 4.69) is 10.2 Å². The highest BCUT2D eigenvalue weighted by molar-refractivity contribution is 5.90. The van der Waals surface area contributed by atoms with Gasteiger partial charge in [0.1, 0.15) is 28.9 Å². The first-order chi connectivity index (χ1) is 13.5. The second kappa shape index (κ2) is 7.40. The number of nitrogens with one attached hydrogen (secondary N) is 1. The first kappa shape index (κ1) is 18.9. The van der Waals surface area contributed by atoms with Gasteiger partial charge in [0.25, 0.3) is 0 Å². The lowest BCUT2D eigenvalue weighted by Gasteiger charge is -2.26. The molecule has 3 N–H and O–H groups in total. The van der Waals surface area contributed by atoms with Gasteiger partial charge in [-0.15, -0.1) is 5.10 Å². The van der Waals surface area contributed by atoms with Crippen LogP contribution < -0.4 is 24.7 Å². The first-order valence-electron chi connectivity index (χ1n) is 8.04. The largest absolute Gasteiger partial charge is 0.496 e. The van der Waals surface area contributed by atoms with E-state index in [4.69, 9.17) is 29.4 Å². The number of carbonyl (C=O) groups excluding carboxylic acids is 1. The second-order valence-corrected chi connectivity index (χ2v) is 5.68. The van der Waals surface area contributed by atoms with E-state index in [1.165, 1.54) is 28.4 Å². The van der Waals surface area contributed by atoms with E-state index in [1.807, 2.05) is 6.07 Å². The van der Waals surface area contributed by atoms with E-state index >= 15 is 0 Å². The molecule has 2 heterocycles. The van der Waals surface area contributed by atoms with Crippen molar-refractivity contribution in [2.45, 2.75) is 5.92 Å². The fourth-order valence-electron chi connectivity index (χ4n) is 3.11. The molecular weight excluding hydrogens is 368 g/mol. The zero-order chi connectivity index (χ0) is 20.4. The third kappa shape index (κ3) is 2.83. The van der Waals surface area contributed by atoms with Crippen molar-refractivity contribution in [3.63, 3.8) is 0 Å². The van der Waals surface area contributed by atoms with E-state index < -0.39 is 11.9 Å². The average Bonchev–Trinajstić information content (AvgIpc) is 3.14. The quantitative estimate of drug-likeness (QED) is 0.730. The van der Waals surface area contributed by atoms with Crippen molar-refractivity contribution in [3.8, 4) is 29.2 Å². The molecule has 0 saturated heterocycles. The van der Waals surface area contributed by atoms with Crippen molar-refractivity contribution >= 4 is 5.97 Å². The van der Waals surface area contributed by atoms with E-state index in [9.17, 15) is 10.1 Å². The highest BCUT2D eigenvalue weighted by atomic mass is 16.5. The number of esters is 1. The zero-order valence-electron chi connectivity index (χ0n) is 15.7. The smallest absolute Gasteiger partial charge is 0.356 e. The van der Waals surface area contributed by atoms with Crippen molar-refractivity contribution in [2.24, 2.45) is 5.73 Å². The summed E-state index contributed by atoms with van der Waals surface area (Å²) in [5.41, 5.74) is 6.80. The Hall–Kier alpha value is -3.87. The van der Waals surface area contributed by atoms with E-state index in [0.29, 0.717) is 28.4 Å². The Balaban J connectivity index is 2.37. The van der Waals surface area contributed by atoms with Crippen LogP contribution in [0.2, 0.25) is 0 Å². The van der Waals surface area contributed by atoms with Gasteiger partial charge >= 0.3 is 5.97 Å². The van der Waals surface area contributed by atoms with Gasteiger partial charge < -0.3 is 29.4 Å². The van der Waals surface area contributed by atoms with Crippen LogP contribution in [0.5, 0.6) is 23.1 Å². The molecule has 0 spiro atoms. The van der Waals surface area contributed by atoms with Gasteiger partial charge in [-0.25, -0.2) is 4.79 Å². The van der Waals surface area contributed by atoms with Crippen LogP contribution in [0.1, 0.15) is 27.5 Å². The Labute approximate surface area is 160 Å². The molecule has 10 nitrogen and oxygen atoms in total. The molecule has 0 bridgehead atoms. The minimum absolute atomic E-state index is 0.0303. The van der Waals surface area contributed by atoms with E-state index in [-0.39, 0.29) is 23.0 Å². The van der Waals surface area contributed by atoms with Crippen molar-refractivity contribution in [1.29, 1.82) is 5.26 Å². The number of nitrogens with two attached hydrogens (primary N) is 1. The summed E-state index contributed by atoms with van der Waals surface area (Å²) in [5.74, 6) is -0.382. The van der Waals surface area contributed by atoms with Gasteiger partial charge in [-0.1, -0.05) is 0 Å². The molecule has 0 radical (unpaired) electrons. The molecule has 10 heteroatoms. The number of fused-ring (bicyclic) bond motifs is 1. The lowest BCUT2D eigenvalue weighted by Crippen LogP contribution is -2.23. The number of aromatic nitrogens is 2. The lowest BCUT2D eigenvalue weighted by atomic mass is 9.82. The molecule has 0 aliphatic carbocycles. The van der Waals surface area contributed by atoms with Gasteiger partial charge in [0.05, 0.1) is 39.9 Å². The fraction of sp³-hybridized carbons (Fsp3) is 0.278. The number of rotatable bonds is 5. The molecule has 3 rings (SSSR count).